The van der Waals surface area contributed by atoms with Gasteiger partial charge in [0.2, 0.25) is 5.95 Å². The van der Waals surface area contributed by atoms with Gasteiger partial charge in [0.1, 0.15) is 11.6 Å². The van der Waals surface area contributed by atoms with Crippen LogP contribution in [0.25, 0.3) is 0 Å². The second-order valence-corrected chi connectivity index (χ2v) is 6.28. The van der Waals surface area contributed by atoms with Crippen molar-refractivity contribution in [2.75, 3.05) is 5.43 Å². The van der Waals surface area contributed by atoms with Crippen molar-refractivity contribution in [3.63, 3.8) is 0 Å². The molecule has 0 saturated heterocycles. The summed E-state index contributed by atoms with van der Waals surface area (Å²) in [6.45, 7) is 3.69. The summed E-state index contributed by atoms with van der Waals surface area (Å²) in [5, 5.41) is 14.2. The number of anilines is 1. The molecule has 26 heavy (non-hydrogen) atoms. The lowest BCUT2D eigenvalue weighted by atomic mass is 9.83. The average molecular weight is 354 g/mol. The highest BCUT2D eigenvalue weighted by Gasteiger charge is 2.27. The number of Topliss-reactive ketones (excluding diaryl/α,β-unsaturated/α-hetero) is 1. The van der Waals surface area contributed by atoms with Crippen LogP contribution < -0.4 is 5.43 Å². The number of ketones is 1. The summed E-state index contributed by atoms with van der Waals surface area (Å²) < 4.78 is 13.0. The number of benzene rings is 1. The van der Waals surface area contributed by atoms with Gasteiger partial charge >= 0.3 is 0 Å². The molecule has 1 atom stereocenters. The predicted octanol–water partition coefficient (Wildman–Crippen LogP) is 3.59. The number of carbonyl (C=O) groups excluding carboxylic acids is 1. The summed E-state index contributed by atoms with van der Waals surface area (Å²) in [7, 11) is 0. The number of hydrogen-bond acceptors (Lipinski definition) is 6. The fourth-order valence-corrected chi connectivity index (χ4v) is 2.96. The number of rotatable bonds is 4. The Balaban J connectivity index is 1.72. The van der Waals surface area contributed by atoms with E-state index in [0.29, 0.717) is 12.4 Å². The van der Waals surface area contributed by atoms with Crippen molar-refractivity contribution in [1.82, 2.24) is 9.97 Å². The number of aliphatic hydroxyl groups is 1. The van der Waals surface area contributed by atoms with Gasteiger partial charge in [-0.25, -0.2) is 19.8 Å². The molecule has 0 radical (unpaired) electrons. The Morgan fingerprint density at radius 3 is 2.46 bits per heavy atom. The zero-order valence-corrected chi connectivity index (χ0v) is 14.5. The van der Waals surface area contributed by atoms with E-state index < -0.39 is 0 Å². The lowest BCUT2D eigenvalue weighted by molar-refractivity contribution is -0.116. The molecule has 7 heteroatoms. The summed E-state index contributed by atoms with van der Waals surface area (Å²) in [5.74, 6) is -0.414. The van der Waals surface area contributed by atoms with E-state index in [1.807, 2.05) is 19.9 Å². The van der Waals surface area contributed by atoms with Gasteiger partial charge in [-0.1, -0.05) is 12.1 Å². The van der Waals surface area contributed by atoms with E-state index in [2.05, 4.69) is 20.5 Å². The van der Waals surface area contributed by atoms with Crippen LogP contribution in [0.1, 0.15) is 35.7 Å². The monoisotopic (exact) mass is 354 g/mol. The number of nitrogens with zero attached hydrogens (tertiary/aromatic N) is 3. The molecule has 2 N–H and O–H groups in total. The van der Waals surface area contributed by atoms with Crippen LogP contribution >= 0.6 is 0 Å². The molecule has 1 aromatic carbocycles. The molecule has 1 aliphatic carbocycles. The van der Waals surface area contributed by atoms with Crippen molar-refractivity contribution < 1.29 is 14.3 Å². The molecule has 0 fully saturated rings. The molecule has 6 nitrogen and oxygen atoms in total. The Morgan fingerprint density at radius 2 is 1.85 bits per heavy atom. The molecule has 1 unspecified atom stereocenters. The van der Waals surface area contributed by atoms with Crippen LogP contribution in [0.5, 0.6) is 0 Å². The first-order valence-electron chi connectivity index (χ1n) is 8.24. The standard InChI is InChI=1S/C19H19FN4O2/c1-11-7-12(2)23-19(22-11)24-21-10-16-17(25)8-14(9-18(16)26)13-3-5-15(20)6-4-13/h3-7,10,14,25H,8-9H2,1-2H3,(H,22,23,24). The summed E-state index contributed by atoms with van der Waals surface area (Å²) in [4.78, 5) is 20.7. The Bertz CT molecular complexity index is 871. The molecule has 3 rings (SSSR count). The smallest absolute Gasteiger partial charge is 0.243 e. The first-order chi connectivity index (χ1) is 12.4. The Morgan fingerprint density at radius 1 is 1.19 bits per heavy atom. The molecule has 0 bridgehead atoms. The maximum absolute atomic E-state index is 13.0. The highest BCUT2D eigenvalue weighted by atomic mass is 19.1. The maximum atomic E-state index is 13.0. The van der Waals surface area contributed by atoms with E-state index in [0.717, 1.165) is 17.0 Å². The van der Waals surface area contributed by atoms with Crippen LogP contribution in [-0.4, -0.2) is 27.1 Å². The minimum absolute atomic E-state index is 0.0255. The number of carbonyl (C=O) groups is 1. The molecular weight excluding hydrogens is 335 g/mol. The molecule has 1 heterocycles. The highest BCUT2D eigenvalue weighted by molar-refractivity contribution is 6.14. The number of aliphatic hydroxyl groups excluding tert-OH is 1. The zero-order chi connectivity index (χ0) is 18.7. The number of hydrazone groups is 1. The van der Waals surface area contributed by atoms with Crippen LogP contribution in [0, 0.1) is 19.7 Å². The van der Waals surface area contributed by atoms with Gasteiger partial charge in [0, 0.05) is 24.2 Å². The second-order valence-electron chi connectivity index (χ2n) is 6.28. The SMILES string of the molecule is Cc1cc(C)nc(NN=CC2=C(O)CC(c3ccc(F)cc3)CC2=O)n1. The number of aryl methyl sites for hydroxylation is 2. The molecule has 134 valence electrons. The Hall–Kier alpha value is -3.09. The number of hydrogen-bond donors (Lipinski definition) is 2. The molecule has 0 amide bonds. The first kappa shape index (κ1) is 17.7. The van der Waals surface area contributed by atoms with Gasteiger partial charge < -0.3 is 5.11 Å². The fraction of sp³-hybridized carbons (Fsp3) is 0.263. The fourth-order valence-electron chi connectivity index (χ4n) is 2.96. The first-order valence-corrected chi connectivity index (χ1v) is 8.24. The van der Waals surface area contributed by atoms with Crippen LogP contribution in [-0.2, 0) is 4.79 Å². The zero-order valence-electron chi connectivity index (χ0n) is 14.5. The summed E-state index contributed by atoms with van der Waals surface area (Å²) in [6.07, 6.45) is 1.83. The van der Waals surface area contributed by atoms with Crippen molar-refractivity contribution in [2.45, 2.75) is 32.6 Å². The van der Waals surface area contributed by atoms with Crippen LogP contribution in [0.2, 0.25) is 0 Å². The topological polar surface area (TPSA) is 87.5 Å². The van der Waals surface area contributed by atoms with Gasteiger partial charge in [0.15, 0.2) is 5.78 Å². The Labute approximate surface area is 150 Å². The van der Waals surface area contributed by atoms with Gasteiger partial charge in [0.25, 0.3) is 0 Å². The normalized spacial score (nSPS) is 17.8. The summed E-state index contributed by atoms with van der Waals surface area (Å²) >= 11 is 0. The third-order valence-electron chi connectivity index (χ3n) is 4.16. The minimum Gasteiger partial charge on any atom is -0.511 e. The van der Waals surface area contributed by atoms with Gasteiger partial charge in [-0.05, 0) is 43.5 Å². The van der Waals surface area contributed by atoms with Crippen LogP contribution in [0.3, 0.4) is 0 Å². The third-order valence-corrected chi connectivity index (χ3v) is 4.16. The number of nitrogens with one attached hydrogen (secondary N) is 1. The van der Waals surface area contributed by atoms with Crippen molar-refractivity contribution in [2.24, 2.45) is 5.10 Å². The lowest BCUT2D eigenvalue weighted by Gasteiger charge is -2.22. The third kappa shape index (κ3) is 4.11. The lowest BCUT2D eigenvalue weighted by Crippen LogP contribution is -2.19. The summed E-state index contributed by atoms with van der Waals surface area (Å²) in [5.41, 5.74) is 5.26. The molecule has 0 aliphatic heterocycles. The van der Waals surface area contributed by atoms with Gasteiger partial charge in [-0.2, -0.15) is 5.10 Å². The average Bonchev–Trinajstić information content (AvgIpc) is 2.57. The summed E-state index contributed by atoms with van der Waals surface area (Å²) in [6, 6.07) is 7.82. The Kier molecular flexibility index (Phi) is 5.06. The van der Waals surface area contributed by atoms with E-state index in [4.69, 9.17) is 0 Å². The quantitative estimate of drug-likeness (QED) is 0.647. The van der Waals surface area contributed by atoms with E-state index in [1.54, 1.807) is 12.1 Å². The molecular formula is C19H19FN4O2. The molecule has 1 aromatic heterocycles. The van der Waals surface area contributed by atoms with E-state index >= 15 is 0 Å². The van der Waals surface area contributed by atoms with Crippen molar-refractivity contribution in [3.05, 3.63) is 64.4 Å². The van der Waals surface area contributed by atoms with E-state index in [1.165, 1.54) is 18.3 Å². The number of allylic oxidation sites excluding steroid dienone is 2. The van der Waals surface area contributed by atoms with Crippen molar-refractivity contribution in [1.29, 1.82) is 0 Å². The molecule has 0 saturated carbocycles. The number of halogens is 1. The van der Waals surface area contributed by atoms with Crippen LogP contribution in [0.4, 0.5) is 10.3 Å². The highest BCUT2D eigenvalue weighted by Crippen LogP contribution is 2.33. The second kappa shape index (κ2) is 7.43. The maximum Gasteiger partial charge on any atom is 0.243 e. The molecule has 0 spiro atoms. The predicted molar refractivity (Wildman–Crippen MR) is 96.7 cm³/mol. The minimum atomic E-state index is -0.330. The van der Waals surface area contributed by atoms with Gasteiger partial charge in [-0.15, -0.1) is 0 Å². The van der Waals surface area contributed by atoms with Crippen LogP contribution in [0.15, 0.2) is 46.8 Å². The van der Waals surface area contributed by atoms with Crippen molar-refractivity contribution in [3.8, 4) is 0 Å². The van der Waals surface area contributed by atoms with Gasteiger partial charge in [-0.3, -0.25) is 4.79 Å². The van der Waals surface area contributed by atoms with Gasteiger partial charge in [0.05, 0.1) is 11.8 Å². The van der Waals surface area contributed by atoms with E-state index in [9.17, 15) is 14.3 Å². The molecule has 2 aromatic rings. The van der Waals surface area contributed by atoms with E-state index in [-0.39, 0.29) is 35.3 Å². The largest absolute Gasteiger partial charge is 0.511 e. The van der Waals surface area contributed by atoms with Crippen molar-refractivity contribution >= 4 is 17.9 Å². The number of aromatic nitrogens is 2. The molecule has 1 aliphatic rings.